The van der Waals surface area contributed by atoms with E-state index in [4.69, 9.17) is 9.47 Å². The van der Waals surface area contributed by atoms with Crippen LogP contribution in [0.25, 0.3) is 0 Å². The Balaban J connectivity index is 1.50. The van der Waals surface area contributed by atoms with E-state index >= 15 is 0 Å². The lowest BCUT2D eigenvalue weighted by atomic mass is 10.0. The molecule has 0 atom stereocenters. The number of hydrogen-bond acceptors (Lipinski definition) is 4. The van der Waals surface area contributed by atoms with E-state index in [0.717, 1.165) is 0 Å². The molecule has 0 bridgehead atoms. The number of hydrogen-bond donors (Lipinski definition) is 0. The molecule has 1 fully saturated rings. The number of rotatable bonds is 6. The summed E-state index contributed by atoms with van der Waals surface area (Å²) >= 11 is 0. The Kier molecular flexibility index (Phi) is 6.75. The van der Waals surface area contributed by atoms with Crippen LogP contribution in [0, 0.1) is 0 Å². The van der Waals surface area contributed by atoms with Gasteiger partial charge in [-0.3, -0.25) is 9.59 Å². The Labute approximate surface area is 172 Å². The van der Waals surface area contributed by atoms with Crippen LogP contribution in [0.1, 0.15) is 35.7 Å². The van der Waals surface area contributed by atoms with Gasteiger partial charge in [0.25, 0.3) is 11.8 Å². The summed E-state index contributed by atoms with van der Waals surface area (Å²) in [4.78, 5) is 28.7. The first-order valence-electron chi connectivity index (χ1n) is 9.92. The zero-order chi connectivity index (χ0) is 20.8. The molecule has 154 valence electrons. The highest BCUT2D eigenvalue weighted by atomic mass is 16.5. The Morgan fingerprint density at radius 3 is 2.07 bits per heavy atom. The second-order valence-electron chi connectivity index (χ2n) is 7.39. The standard InChI is InChI=1S/C23H28N2O4/c1-17(2)18-8-10-19(11-9-18)23(27)25-14-12-24(13-15-25)22(26)16-29-21-7-5-4-6-20(21)28-3/h4-11,17H,12-16H2,1-3H3. The summed E-state index contributed by atoms with van der Waals surface area (Å²) in [7, 11) is 1.57. The fourth-order valence-corrected chi connectivity index (χ4v) is 3.32. The number of ether oxygens (including phenoxy) is 2. The molecule has 1 saturated heterocycles. The van der Waals surface area contributed by atoms with E-state index in [2.05, 4.69) is 13.8 Å². The smallest absolute Gasteiger partial charge is 0.260 e. The zero-order valence-corrected chi connectivity index (χ0v) is 17.3. The van der Waals surface area contributed by atoms with Gasteiger partial charge in [-0.05, 0) is 35.7 Å². The van der Waals surface area contributed by atoms with Crippen LogP contribution in [0.2, 0.25) is 0 Å². The summed E-state index contributed by atoms with van der Waals surface area (Å²) in [6.45, 7) is 6.25. The van der Waals surface area contributed by atoms with E-state index in [-0.39, 0.29) is 18.4 Å². The van der Waals surface area contributed by atoms with Crippen molar-refractivity contribution in [3.63, 3.8) is 0 Å². The number of amides is 2. The van der Waals surface area contributed by atoms with Gasteiger partial charge in [-0.2, -0.15) is 0 Å². The van der Waals surface area contributed by atoms with Crippen LogP contribution in [0.3, 0.4) is 0 Å². The predicted molar refractivity (Wildman–Crippen MR) is 112 cm³/mol. The number of para-hydroxylation sites is 2. The Morgan fingerprint density at radius 1 is 0.897 bits per heavy atom. The summed E-state index contributed by atoms with van der Waals surface area (Å²) in [5.41, 5.74) is 1.90. The van der Waals surface area contributed by atoms with Gasteiger partial charge in [0.05, 0.1) is 7.11 Å². The van der Waals surface area contributed by atoms with E-state index < -0.39 is 0 Å². The van der Waals surface area contributed by atoms with Crippen molar-refractivity contribution in [2.24, 2.45) is 0 Å². The number of benzene rings is 2. The summed E-state index contributed by atoms with van der Waals surface area (Å²) in [5, 5.41) is 0. The number of methoxy groups -OCH3 is 1. The molecule has 1 aliphatic heterocycles. The largest absolute Gasteiger partial charge is 0.493 e. The SMILES string of the molecule is COc1ccccc1OCC(=O)N1CCN(C(=O)c2ccc(C(C)C)cc2)CC1. The second kappa shape index (κ2) is 9.45. The fourth-order valence-electron chi connectivity index (χ4n) is 3.32. The summed E-state index contributed by atoms with van der Waals surface area (Å²) in [6.07, 6.45) is 0. The molecule has 0 aromatic heterocycles. The first-order chi connectivity index (χ1) is 14.0. The maximum Gasteiger partial charge on any atom is 0.260 e. The minimum absolute atomic E-state index is 0.0117. The topological polar surface area (TPSA) is 59.1 Å². The van der Waals surface area contributed by atoms with E-state index in [1.807, 2.05) is 36.4 Å². The van der Waals surface area contributed by atoms with E-state index in [0.29, 0.717) is 49.2 Å². The number of carbonyl (C=O) groups is 2. The molecule has 6 nitrogen and oxygen atoms in total. The van der Waals surface area contributed by atoms with Gasteiger partial charge < -0.3 is 19.3 Å². The van der Waals surface area contributed by atoms with Crippen molar-refractivity contribution in [3.8, 4) is 11.5 Å². The molecule has 0 unspecified atom stereocenters. The maximum absolute atomic E-state index is 12.7. The minimum Gasteiger partial charge on any atom is -0.493 e. The van der Waals surface area contributed by atoms with Crippen molar-refractivity contribution in [3.05, 3.63) is 59.7 Å². The summed E-state index contributed by atoms with van der Waals surface area (Å²) in [6, 6.07) is 15.0. The summed E-state index contributed by atoms with van der Waals surface area (Å²) in [5.74, 6) is 1.50. The molecule has 1 heterocycles. The van der Waals surface area contributed by atoms with Crippen molar-refractivity contribution in [2.75, 3.05) is 39.9 Å². The average molecular weight is 396 g/mol. The van der Waals surface area contributed by atoms with E-state index in [1.54, 1.807) is 29.0 Å². The van der Waals surface area contributed by atoms with Crippen molar-refractivity contribution in [2.45, 2.75) is 19.8 Å². The second-order valence-corrected chi connectivity index (χ2v) is 7.39. The van der Waals surface area contributed by atoms with Gasteiger partial charge in [0, 0.05) is 31.7 Å². The fraction of sp³-hybridized carbons (Fsp3) is 0.391. The van der Waals surface area contributed by atoms with Crippen LogP contribution in [0.4, 0.5) is 0 Å². The average Bonchev–Trinajstić information content (AvgIpc) is 2.77. The molecular formula is C23H28N2O4. The van der Waals surface area contributed by atoms with Gasteiger partial charge in [-0.15, -0.1) is 0 Å². The Morgan fingerprint density at radius 2 is 1.48 bits per heavy atom. The predicted octanol–water partition coefficient (Wildman–Crippen LogP) is 3.18. The minimum atomic E-state index is -0.0932. The molecule has 1 aliphatic rings. The van der Waals surface area contributed by atoms with Crippen LogP contribution in [-0.4, -0.2) is 61.5 Å². The monoisotopic (exact) mass is 396 g/mol. The molecule has 3 rings (SSSR count). The van der Waals surface area contributed by atoms with Gasteiger partial charge in [-0.25, -0.2) is 0 Å². The quantitative estimate of drug-likeness (QED) is 0.753. The van der Waals surface area contributed by atoms with Crippen LogP contribution < -0.4 is 9.47 Å². The van der Waals surface area contributed by atoms with Crippen molar-refractivity contribution in [1.82, 2.24) is 9.80 Å². The normalized spacial score (nSPS) is 14.1. The third-order valence-electron chi connectivity index (χ3n) is 5.16. The molecule has 2 aromatic carbocycles. The lowest BCUT2D eigenvalue weighted by Crippen LogP contribution is -2.51. The van der Waals surface area contributed by atoms with E-state index in [9.17, 15) is 9.59 Å². The van der Waals surface area contributed by atoms with Crippen LogP contribution in [-0.2, 0) is 4.79 Å². The molecule has 0 radical (unpaired) electrons. The molecule has 6 heteroatoms. The highest BCUT2D eigenvalue weighted by Crippen LogP contribution is 2.25. The highest BCUT2D eigenvalue weighted by molar-refractivity contribution is 5.94. The third-order valence-corrected chi connectivity index (χ3v) is 5.16. The first-order valence-corrected chi connectivity index (χ1v) is 9.92. The third kappa shape index (κ3) is 5.08. The molecule has 0 saturated carbocycles. The lowest BCUT2D eigenvalue weighted by molar-refractivity contribution is -0.134. The number of nitrogens with zero attached hydrogens (tertiary/aromatic N) is 2. The van der Waals surface area contributed by atoms with Crippen molar-refractivity contribution < 1.29 is 19.1 Å². The summed E-state index contributed by atoms with van der Waals surface area (Å²) < 4.78 is 10.9. The van der Waals surface area contributed by atoms with Crippen molar-refractivity contribution in [1.29, 1.82) is 0 Å². The van der Waals surface area contributed by atoms with Crippen LogP contribution >= 0.6 is 0 Å². The highest BCUT2D eigenvalue weighted by Gasteiger charge is 2.25. The van der Waals surface area contributed by atoms with Crippen LogP contribution in [0.5, 0.6) is 11.5 Å². The molecule has 29 heavy (non-hydrogen) atoms. The molecular weight excluding hydrogens is 368 g/mol. The first kappa shape index (κ1) is 20.7. The molecule has 2 amide bonds. The zero-order valence-electron chi connectivity index (χ0n) is 17.3. The van der Waals surface area contributed by atoms with Crippen molar-refractivity contribution >= 4 is 11.8 Å². The Bertz CT molecular complexity index is 840. The van der Waals surface area contributed by atoms with E-state index in [1.165, 1.54) is 5.56 Å². The molecule has 0 N–H and O–H groups in total. The molecule has 0 spiro atoms. The maximum atomic E-state index is 12.7. The lowest BCUT2D eigenvalue weighted by Gasteiger charge is -2.34. The van der Waals surface area contributed by atoms with Gasteiger partial charge in [-0.1, -0.05) is 38.1 Å². The van der Waals surface area contributed by atoms with Gasteiger partial charge in [0.2, 0.25) is 0 Å². The number of carbonyl (C=O) groups excluding carboxylic acids is 2. The number of piperazine rings is 1. The van der Waals surface area contributed by atoms with Gasteiger partial charge >= 0.3 is 0 Å². The van der Waals surface area contributed by atoms with Gasteiger partial charge in [0.1, 0.15) is 0 Å². The Hall–Kier alpha value is -3.02. The molecule has 2 aromatic rings. The molecule has 0 aliphatic carbocycles. The van der Waals surface area contributed by atoms with Crippen LogP contribution in [0.15, 0.2) is 48.5 Å². The van der Waals surface area contributed by atoms with Gasteiger partial charge in [0.15, 0.2) is 18.1 Å².